The summed E-state index contributed by atoms with van der Waals surface area (Å²) in [7, 11) is -2.41. The molecule has 0 aliphatic rings. The third-order valence-electron chi connectivity index (χ3n) is 4.04. The van der Waals surface area contributed by atoms with Crippen molar-refractivity contribution < 1.29 is 18.3 Å². The highest BCUT2D eigenvalue weighted by molar-refractivity contribution is 7.92. The predicted molar refractivity (Wildman–Crippen MR) is 102 cm³/mol. The molecule has 0 bridgehead atoms. The smallest absolute Gasteiger partial charge is 0.352 e. The fraction of sp³-hybridized carbons (Fsp3) is 0.0588. The van der Waals surface area contributed by atoms with Crippen LogP contribution in [0.5, 0.6) is 0 Å². The Labute approximate surface area is 158 Å². The molecule has 138 valence electrons. The molecule has 0 aliphatic carbocycles. The van der Waals surface area contributed by atoms with Gasteiger partial charge in [0.25, 0.3) is 10.0 Å². The maximum absolute atomic E-state index is 12.5. The summed E-state index contributed by atoms with van der Waals surface area (Å²) < 4.78 is 30.6. The molecule has 0 amide bonds. The van der Waals surface area contributed by atoms with Crippen molar-refractivity contribution in [3.63, 3.8) is 0 Å². The van der Waals surface area contributed by atoms with Crippen molar-refractivity contribution in [2.75, 3.05) is 4.72 Å². The number of thiazole rings is 1. The van der Waals surface area contributed by atoms with E-state index in [1.54, 1.807) is 24.3 Å². The Morgan fingerprint density at radius 2 is 1.96 bits per heavy atom. The molecule has 2 N–H and O–H groups in total. The van der Waals surface area contributed by atoms with Crippen LogP contribution in [-0.2, 0) is 17.1 Å². The van der Waals surface area contributed by atoms with Crippen molar-refractivity contribution in [3.05, 3.63) is 60.0 Å². The fourth-order valence-corrected chi connectivity index (χ4v) is 4.51. The van der Waals surface area contributed by atoms with Gasteiger partial charge in [0, 0.05) is 42.3 Å². The van der Waals surface area contributed by atoms with Gasteiger partial charge in [-0.25, -0.2) is 18.2 Å². The average molecular weight is 402 g/mol. The molecule has 4 aromatic rings. The van der Waals surface area contributed by atoms with Gasteiger partial charge in [0.1, 0.15) is 10.6 Å². The number of rotatable bonds is 5. The monoisotopic (exact) mass is 402 g/mol. The zero-order valence-corrected chi connectivity index (χ0v) is 15.7. The van der Waals surface area contributed by atoms with Gasteiger partial charge in [-0.3, -0.25) is 9.12 Å². The van der Waals surface area contributed by atoms with E-state index in [9.17, 15) is 13.2 Å². The van der Waals surface area contributed by atoms with Gasteiger partial charge < -0.3 is 9.67 Å². The number of hydrogen-bond acceptors (Lipinski definition) is 5. The Bertz CT molecular complexity index is 1220. The minimum Gasteiger partial charge on any atom is -0.477 e. The highest BCUT2D eigenvalue weighted by Gasteiger charge is 2.20. The molecule has 10 heteroatoms. The van der Waals surface area contributed by atoms with Gasteiger partial charge in [-0.1, -0.05) is 12.1 Å². The first-order chi connectivity index (χ1) is 12.8. The molecule has 0 saturated carbocycles. The molecule has 3 heterocycles. The standard InChI is InChI=1S/C17H14N4O4S2/c1-20-9-13(8-15(20)16(22)23)27(24,25)19-12-4-2-11(3-5-12)14-10-21-6-7-26-17(21)18-14/h2-10,19H,1H3,(H,22,23). The number of nitrogens with one attached hydrogen (secondary N) is 1. The zero-order valence-electron chi connectivity index (χ0n) is 14.0. The quantitative estimate of drug-likeness (QED) is 0.534. The first kappa shape index (κ1) is 17.3. The van der Waals surface area contributed by atoms with Crippen LogP contribution in [0.1, 0.15) is 10.5 Å². The Morgan fingerprint density at radius 1 is 1.22 bits per heavy atom. The number of benzene rings is 1. The third-order valence-corrected chi connectivity index (χ3v) is 6.15. The van der Waals surface area contributed by atoms with Crippen molar-refractivity contribution >= 4 is 38.0 Å². The van der Waals surface area contributed by atoms with Crippen molar-refractivity contribution in [2.45, 2.75) is 4.90 Å². The fourth-order valence-electron chi connectivity index (χ4n) is 2.68. The molecule has 0 atom stereocenters. The number of aromatic nitrogens is 3. The Balaban J connectivity index is 1.58. The number of aryl methyl sites for hydroxylation is 1. The first-order valence-electron chi connectivity index (χ1n) is 7.78. The van der Waals surface area contributed by atoms with Crippen LogP contribution in [0.3, 0.4) is 0 Å². The minimum absolute atomic E-state index is 0.106. The molecule has 4 rings (SSSR count). The summed E-state index contributed by atoms with van der Waals surface area (Å²) in [5, 5.41) is 11.0. The van der Waals surface area contributed by atoms with Gasteiger partial charge in [0.2, 0.25) is 0 Å². The number of hydrogen-bond donors (Lipinski definition) is 2. The summed E-state index contributed by atoms with van der Waals surface area (Å²) in [6.45, 7) is 0. The highest BCUT2D eigenvalue weighted by atomic mass is 32.2. The second kappa shape index (κ2) is 6.25. The number of carbonyl (C=O) groups is 1. The van der Waals surface area contributed by atoms with E-state index in [2.05, 4.69) is 9.71 Å². The van der Waals surface area contributed by atoms with E-state index in [0.717, 1.165) is 22.3 Å². The lowest BCUT2D eigenvalue weighted by Crippen LogP contribution is -2.12. The summed E-state index contributed by atoms with van der Waals surface area (Å²) in [5.41, 5.74) is 1.93. The number of imidazole rings is 1. The van der Waals surface area contributed by atoms with Crippen LogP contribution in [0.2, 0.25) is 0 Å². The lowest BCUT2D eigenvalue weighted by molar-refractivity contribution is 0.0686. The van der Waals surface area contributed by atoms with Gasteiger partial charge in [0.15, 0.2) is 4.96 Å². The average Bonchev–Trinajstić information content (AvgIpc) is 3.29. The van der Waals surface area contributed by atoms with Crippen molar-refractivity contribution in [1.82, 2.24) is 14.0 Å². The van der Waals surface area contributed by atoms with Crippen LogP contribution >= 0.6 is 11.3 Å². The lowest BCUT2D eigenvalue weighted by atomic mass is 10.1. The van der Waals surface area contributed by atoms with E-state index >= 15 is 0 Å². The number of aromatic carboxylic acids is 1. The molecule has 8 nitrogen and oxygen atoms in total. The highest BCUT2D eigenvalue weighted by Crippen LogP contribution is 2.24. The maximum atomic E-state index is 12.5. The van der Waals surface area contributed by atoms with E-state index in [0.29, 0.717) is 5.69 Å². The van der Waals surface area contributed by atoms with Gasteiger partial charge in [-0.15, -0.1) is 11.3 Å². The number of carboxylic acids is 1. The predicted octanol–water partition coefficient (Wildman–Crippen LogP) is 2.90. The summed E-state index contributed by atoms with van der Waals surface area (Å²) >= 11 is 1.53. The zero-order chi connectivity index (χ0) is 19.2. The van der Waals surface area contributed by atoms with Crippen molar-refractivity contribution in [1.29, 1.82) is 0 Å². The molecule has 0 radical (unpaired) electrons. The van der Waals surface area contributed by atoms with Crippen LogP contribution in [0, 0.1) is 0 Å². The van der Waals surface area contributed by atoms with E-state index < -0.39 is 16.0 Å². The molecule has 0 saturated heterocycles. The maximum Gasteiger partial charge on any atom is 0.352 e. The minimum atomic E-state index is -3.89. The lowest BCUT2D eigenvalue weighted by Gasteiger charge is -2.07. The second-order valence-electron chi connectivity index (χ2n) is 5.88. The topological polar surface area (TPSA) is 106 Å². The number of sulfonamides is 1. The Kier molecular flexibility index (Phi) is 4.01. The molecule has 0 spiro atoms. The molecule has 0 aliphatic heterocycles. The van der Waals surface area contributed by atoms with Crippen LogP contribution in [0.15, 0.2) is 59.2 Å². The van der Waals surface area contributed by atoms with Crippen molar-refractivity contribution in [2.24, 2.45) is 7.05 Å². The van der Waals surface area contributed by atoms with Gasteiger partial charge in [0.05, 0.1) is 5.69 Å². The van der Waals surface area contributed by atoms with E-state index in [1.807, 2.05) is 22.2 Å². The van der Waals surface area contributed by atoms with E-state index in [4.69, 9.17) is 5.11 Å². The van der Waals surface area contributed by atoms with E-state index in [-0.39, 0.29) is 10.6 Å². The number of carboxylic acid groups (broad SMARTS) is 1. The Hall–Kier alpha value is -3.11. The van der Waals surface area contributed by atoms with Crippen LogP contribution < -0.4 is 4.72 Å². The SMILES string of the molecule is Cn1cc(S(=O)(=O)Nc2ccc(-c3cn4ccsc4n3)cc2)cc1C(=O)O. The molecule has 0 unspecified atom stereocenters. The number of fused-ring (bicyclic) bond motifs is 1. The second-order valence-corrected chi connectivity index (χ2v) is 8.43. The summed E-state index contributed by atoms with van der Waals surface area (Å²) in [6, 6.07) is 7.95. The summed E-state index contributed by atoms with van der Waals surface area (Å²) in [5.74, 6) is -1.19. The van der Waals surface area contributed by atoms with Gasteiger partial charge >= 0.3 is 5.97 Å². The van der Waals surface area contributed by atoms with Crippen molar-refractivity contribution in [3.8, 4) is 11.3 Å². The molecular weight excluding hydrogens is 388 g/mol. The molecule has 1 aromatic carbocycles. The largest absolute Gasteiger partial charge is 0.477 e. The van der Waals surface area contributed by atoms with Crippen LogP contribution in [0.4, 0.5) is 5.69 Å². The summed E-state index contributed by atoms with van der Waals surface area (Å²) in [4.78, 5) is 16.4. The van der Waals surface area contributed by atoms with Crippen LogP contribution in [0.25, 0.3) is 16.2 Å². The van der Waals surface area contributed by atoms with Gasteiger partial charge in [-0.2, -0.15) is 0 Å². The van der Waals surface area contributed by atoms with Gasteiger partial charge in [-0.05, 0) is 18.2 Å². The molecule has 0 fully saturated rings. The summed E-state index contributed by atoms with van der Waals surface area (Å²) in [6.07, 6.45) is 5.09. The first-order valence-corrected chi connectivity index (χ1v) is 10.1. The number of anilines is 1. The molecule has 3 aromatic heterocycles. The van der Waals surface area contributed by atoms with E-state index in [1.165, 1.54) is 29.1 Å². The van der Waals surface area contributed by atoms with Crippen LogP contribution in [-0.4, -0.2) is 33.4 Å². The Morgan fingerprint density at radius 3 is 2.59 bits per heavy atom. The molecular formula is C17H14N4O4S2. The normalized spacial score (nSPS) is 11.7. The number of nitrogens with zero attached hydrogens (tertiary/aromatic N) is 3. The third kappa shape index (κ3) is 3.20. The molecule has 27 heavy (non-hydrogen) atoms.